The van der Waals surface area contributed by atoms with E-state index in [0.717, 1.165) is 11.1 Å². The van der Waals surface area contributed by atoms with Gasteiger partial charge in [-0.3, -0.25) is 0 Å². The molecular weight excluding hydrogens is 241 g/mol. The first kappa shape index (κ1) is 13.7. The molecule has 100 valence electrons. The van der Waals surface area contributed by atoms with Crippen molar-refractivity contribution in [3.63, 3.8) is 0 Å². The van der Waals surface area contributed by atoms with Crippen LogP contribution in [0.15, 0.2) is 48.5 Å². The number of rotatable bonds is 5. The van der Waals surface area contributed by atoms with Gasteiger partial charge < -0.3 is 10.4 Å². The molecule has 0 spiro atoms. The van der Waals surface area contributed by atoms with Crippen molar-refractivity contribution in [2.24, 2.45) is 0 Å². The van der Waals surface area contributed by atoms with Crippen LogP contribution in [-0.2, 0) is 13.2 Å². The lowest BCUT2D eigenvalue weighted by molar-refractivity contribution is 0.281. The van der Waals surface area contributed by atoms with Gasteiger partial charge in [-0.25, -0.2) is 4.39 Å². The summed E-state index contributed by atoms with van der Waals surface area (Å²) in [6.45, 7) is 2.62. The van der Waals surface area contributed by atoms with E-state index in [1.165, 1.54) is 6.07 Å². The van der Waals surface area contributed by atoms with Crippen LogP contribution in [0.25, 0.3) is 0 Å². The summed E-state index contributed by atoms with van der Waals surface area (Å²) in [5, 5.41) is 12.4. The highest BCUT2D eigenvalue weighted by Gasteiger charge is 2.09. The second-order valence-electron chi connectivity index (χ2n) is 4.60. The lowest BCUT2D eigenvalue weighted by Gasteiger charge is -2.15. The Morgan fingerprint density at radius 3 is 2.58 bits per heavy atom. The Morgan fingerprint density at radius 2 is 1.84 bits per heavy atom. The Morgan fingerprint density at radius 1 is 1.11 bits per heavy atom. The predicted octanol–water partition coefficient (Wildman–Crippen LogP) is 3.17. The summed E-state index contributed by atoms with van der Waals surface area (Å²) in [4.78, 5) is 0. The molecule has 2 aromatic rings. The van der Waals surface area contributed by atoms with Crippen LogP contribution in [-0.4, -0.2) is 5.11 Å². The molecule has 0 saturated heterocycles. The molecule has 3 heteroatoms. The van der Waals surface area contributed by atoms with Crippen LogP contribution in [0.4, 0.5) is 4.39 Å². The number of aliphatic hydroxyl groups excluding tert-OH is 1. The van der Waals surface area contributed by atoms with Crippen LogP contribution < -0.4 is 5.32 Å². The number of aliphatic hydroxyl groups is 1. The SMILES string of the molecule is CC(NCc1cccc(CO)c1)c1ccccc1F. The maximum Gasteiger partial charge on any atom is 0.127 e. The lowest BCUT2D eigenvalue weighted by Crippen LogP contribution is -2.19. The molecule has 2 nitrogen and oxygen atoms in total. The topological polar surface area (TPSA) is 32.3 Å². The van der Waals surface area contributed by atoms with Crippen molar-refractivity contribution in [1.82, 2.24) is 5.32 Å². The molecular formula is C16H18FNO. The number of hydrogen-bond acceptors (Lipinski definition) is 2. The van der Waals surface area contributed by atoms with E-state index < -0.39 is 0 Å². The highest BCUT2D eigenvalue weighted by molar-refractivity contribution is 5.24. The molecule has 0 fully saturated rings. The minimum atomic E-state index is -0.188. The van der Waals surface area contributed by atoms with Crippen molar-refractivity contribution in [2.75, 3.05) is 0 Å². The van der Waals surface area contributed by atoms with E-state index in [1.54, 1.807) is 12.1 Å². The monoisotopic (exact) mass is 259 g/mol. The molecule has 2 N–H and O–H groups in total. The molecule has 0 heterocycles. The average Bonchev–Trinajstić information content (AvgIpc) is 2.45. The minimum Gasteiger partial charge on any atom is -0.392 e. The van der Waals surface area contributed by atoms with Crippen molar-refractivity contribution in [2.45, 2.75) is 26.1 Å². The maximum absolute atomic E-state index is 13.6. The summed E-state index contributed by atoms with van der Waals surface area (Å²) < 4.78 is 13.6. The number of hydrogen-bond donors (Lipinski definition) is 2. The van der Waals surface area contributed by atoms with Gasteiger partial charge in [0.15, 0.2) is 0 Å². The van der Waals surface area contributed by atoms with Gasteiger partial charge >= 0.3 is 0 Å². The van der Waals surface area contributed by atoms with Crippen LogP contribution in [0.5, 0.6) is 0 Å². The molecule has 0 bridgehead atoms. The summed E-state index contributed by atoms with van der Waals surface area (Å²) in [7, 11) is 0. The summed E-state index contributed by atoms with van der Waals surface area (Å²) in [5.41, 5.74) is 2.63. The molecule has 1 unspecified atom stereocenters. The van der Waals surface area contributed by atoms with Crippen molar-refractivity contribution in [3.05, 3.63) is 71.0 Å². The van der Waals surface area contributed by atoms with Gasteiger partial charge in [-0.15, -0.1) is 0 Å². The van der Waals surface area contributed by atoms with Gasteiger partial charge in [0.05, 0.1) is 6.61 Å². The van der Waals surface area contributed by atoms with Gasteiger partial charge in [-0.2, -0.15) is 0 Å². The first-order valence-corrected chi connectivity index (χ1v) is 6.37. The van der Waals surface area contributed by atoms with E-state index in [2.05, 4.69) is 5.32 Å². The zero-order valence-electron chi connectivity index (χ0n) is 10.9. The minimum absolute atomic E-state index is 0.0384. The molecule has 0 aliphatic carbocycles. The third-order valence-electron chi connectivity index (χ3n) is 3.16. The van der Waals surface area contributed by atoms with Crippen molar-refractivity contribution in [3.8, 4) is 0 Å². The Labute approximate surface area is 112 Å². The predicted molar refractivity (Wildman–Crippen MR) is 74.0 cm³/mol. The zero-order valence-corrected chi connectivity index (χ0v) is 10.9. The third-order valence-corrected chi connectivity index (χ3v) is 3.16. The molecule has 0 amide bonds. The van der Waals surface area contributed by atoms with E-state index in [-0.39, 0.29) is 18.5 Å². The second-order valence-corrected chi connectivity index (χ2v) is 4.60. The van der Waals surface area contributed by atoms with E-state index in [9.17, 15) is 4.39 Å². The molecule has 0 saturated carbocycles. The molecule has 0 aromatic heterocycles. The van der Waals surface area contributed by atoms with Crippen molar-refractivity contribution < 1.29 is 9.50 Å². The van der Waals surface area contributed by atoms with Crippen LogP contribution >= 0.6 is 0 Å². The molecule has 0 aliphatic rings. The van der Waals surface area contributed by atoms with Crippen LogP contribution in [0, 0.1) is 5.82 Å². The van der Waals surface area contributed by atoms with Gasteiger partial charge in [-0.05, 0) is 24.1 Å². The number of halogens is 1. The summed E-state index contributed by atoms with van der Waals surface area (Å²) >= 11 is 0. The zero-order chi connectivity index (χ0) is 13.7. The van der Waals surface area contributed by atoms with Crippen LogP contribution in [0.3, 0.4) is 0 Å². The first-order valence-electron chi connectivity index (χ1n) is 6.37. The maximum atomic E-state index is 13.6. The van der Waals surface area contributed by atoms with Crippen LogP contribution in [0.1, 0.15) is 29.7 Å². The largest absolute Gasteiger partial charge is 0.392 e. The average molecular weight is 259 g/mol. The van der Waals surface area contributed by atoms with Gasteiger partial charge in [0.2, 0.25) is 0 Å². The fourth-order valence-electron chi connectivity index (χ4n) is 2.05. The third kappa shape index (κ3) is 3.63. The van der Waals surface area contributed by atoms with Crippen LogP contribution in [0.2, 0.25) is 0 Å². The molecule has 2 rings (SSSR count). The van der Waals surface area contributed by atoms with E-state index in [1.807, 2.05) is 37.3 Å². The summed E-state index contributed by atoms with van der Waals surface area (Å²) in [6.07, 6.45) is 0. The lowest BCUT2D eigenvalue weighted by atomic mass is 10.1. The fraction of sp³-hybridized carbons (Fsp3) is 0.250. The van der Waals surface area contributed by atoms with E-state index in [0.29, 0.717) is 12.1 Å². The molecule has 0 aliphatic heterocycles. The number of benzene rings is 2. The Balaban J connectivity index is 2.00. The standard InChI is InChI=1S/C16H18FNO/c1-12(15-7-2-3-8-16(15)17)18-10-13-5-4-6-14(9-13)11-19/h2-9,12,18-19H,10-11H2,1H3. The quantitative estimate of drug-likeness (QED) is 0.864. The molecule has 1 atom stereocenters. The van der Waals surface area contributed by atoms with Gasteiger partial charge in [0, 0.05) is 18.2 Å². The Kier molecular flexibility index (Phi) is 4.66. The second kappa shape index (κ2) is 6.45. The van der Waals surface area contributed by atoms with Crippen molar-refractivity contribution in [1.29, 1.82) is 0 Å². The normalized spacial score (nSPS) is 12.4. The highest BCUT2D eigenvalue weighted by Crippen LogP contribution is 2.16. The molecule has 2 aromatic carbocycles. The van der Waals surface area contributed by atoms with E-state index in [4.69, 9.17) is 5.11 Å². The summed E-state index contributed by atoms with van der Waals surface area (Å²) in [5.74, 6) is -0.188. The summed E-state index contributed by atoms with van der Waals surface area (Å²) in [6, 6.07) is 14.5. The fourth-order valence-corrected chi connectivity index (χ4v) is 2.05. The van der Waals surface area contributed by atoms with Gasteiger partial charge in [0.1, 0.15) is 5.82 Å². The first-order chi connectivity index (χ1) is 9.20. The smallest absolute Gasteiger partial charge is 0.127 e. The van der Waals surface area contributed by atoms with Crippen molar-refractivity contribution >= 4 is 0 Å². The number of nitrogens with one attached hydrogen (secondary N) is 1. The molecule has 19 heavy (non-hydrogen) atoms. The van der Waals surface area contributed by atoms with E-state index >= 15 is 0 Å². The molecule has 0 radical (unpaired) electrons. The highest BCUT2D eigenvalue weighted by atomic mass is 19.1. The Bertz CT molecular complexity index is 542. The van der Waals surface area contributed by atoms with Gasteiger partial charge in [0.25, 0.3) is 0 Å². The van der Waals surface area contributed by atoms with Gasteiger partial charge in [-0.1, -0.05) is 42.5 Å². The Hall–Kier alpha value is -1.71.